The van der Waals surface area contributed by atoms with E-state index in [2.05, 4.69) is 5.32 Å². The highest BCUT2D eigenvalue weighted by molar-refractivity contribution is 6.30. The van der Waals surface area contributed by atoms with Crippen LogP contribution in [0.3, 0.4) is 0 Å². The van der Waals surface area contributed by atoms with Gasteiger partial charge in [0.25, 0.3) is 0 Å². The second-order valence-electron chi connectivity index (χ2n) is 5.70. The van der Waals surface area contributed by atoms with Gasteiger partial charge in [-0.05, 0) is 38.5 Å². The van der Waals surface area contributed by atoms with Crippen LogP contribution in [0, 0.1) is 0 Å². The molecule has 1 aromatic rings. The molecule has 0 bridgehead atoms. The van der Waals surface area contributed by atoms with Crippen molar-refractivity contribution in [3.05, 3.63) is 28.8 Å². The van der Waals surface area contributed by atoms with Gasteiger partial charge in [-0.3, -0.25) is 0 Å². The van der Waals surface area contributed by atoms with Gasteiger partial charge in [-0.2, -0.15) is 0 Å². The molecule has 0 saturated heterocycles. The highest BCUT2D eigenvalue weighted by atomic mass is 35.5. The third-order valence-corrected chi connectivity index (χ3v) is 2.90. The zero-order chi connectivity index (χ0) is 16.9. The molecule has 0 spiro atoms. The number of rotatable bonds is 5. The van der Waals surface area contributed by atoms with Crippen molar-refractivity contribution in [2.75, 3.05) is 7.11 Å². The Balaban J connectivity index is 2.85. The largest absolute Gasteiger partial charge is 0.496 e. The van der Waals surface area contributed by atoms with Crippen molar-refractivity contribution in [3.8, 4) is 5.75 Å². The molecule has 1 aromatic carbocycles. The average Bonchev–Trinajstić information content (AvgIpc) is 2.37. The zero-order valence-electron chi connectivity index (χ0n) is 13.0. The highest BCUT2D eigenvalue weighted by Gasteiger charge is 2.25. The topological polar surface area (TPSA) is 84.9 Å². The molecule has 0 radical (unpaired) electrons. The summed E-state index contributed by atoms with van der Waals surface area (Å²) in [4.78, 5) is 23.1. The van der Waals surface area contributed by atoms with Crippen molar-refractivity contribution in [1.29, 1.82) is 0 Å². The predicted octanol–water partition coefficient (Wildman–Crippen LogP) is 2.87. The molecule has 0 aliphatic carbocycles. The van der Waals surface area contributed by atoms with Crippen LogP contribution < -0.4 is 10.1 Å². The van der Waals surface area contributed by atoms with Crippen molar-refractivity contribution in [1.82, 2.24) is 5.32 Å². The third-order valence-electron chi connectivity index (χ3n) is 2.66. The number of benzene rings is 1. The molecule has 1 rings (SSSR count). The summed E-state index contributed by atoms with van der Waals surface area (Å²) in [6, 6.07) is 3.74. The second-order valence-corrected chi connectivity index (χ2v) is 6.13. The van der Waals surface area contributed by atoms with Crippen molar-refractivity contribution in [2.45, 2.75) is 38.8 Å². The van der Waals surface area contributed by atoms with E-state index in [1.165, 1.54) is 7.11 Å². The molecule has 0 fully saturated rings. The molecule has 0 aromatic heterocycles. The number of halogens is 1. The van der Waals surface area contributed by atoms with Crippen LogP contribution in [0.25, 0.3) is 0 Å². The predicted molar refractivity (Wildman–Crippen MR) is 82.5 cm³/mol. The van der Waals surface area contributed by atoms with Crippen LogP contribution in [0.5, 0.6) is 5.75 Å². The summed E-state index contributed by atoms with van der Waals surface area (Å²) in [5, 5.41) is 12.1. The van der Waals surface area contributed by atoms with E-state index in [1.807, 2.05) is 0 Å². The summed E-state index contributed by atoms with van der Waals surface area (Å²) in [7, 11) is 1.46. The van der Waals surface area contributed by atoms with E-state index in [0.717, 1.165) is 0 Å². The van der Waals surface area contributed by atoms with Gasteiger partial charge in [-0.1, -0.05) is 17.7 Å². The van der Waals surface area contributed by atoms with E-state index in [9.17, 15) is 14.7 Å². The van der Waals surface area contributed by atoms with E-state index in [1.54, 1.807) is 39.0 Å². The molecule has 0 aliphatic rings. The minimum absolute atomic E-state index is 0.0505. The molecule has 122 valence electrons. The van der Waals surface area contributed by atoms with Crippen molar-refractivity contribution >= 4 is 23.7 Å². The fourth-order valence-electron chi connectivity index (χ4n) is 1.76. The lowest BCUT2D eigenvalue weighted by Crippen LogP contribution is -2.44. The zero-order valence-corrected chi connectivity index (χ0v) is 13.7. The lowest BCUT2D eigenvalue weighted by molar-refractivity contribution is -0.139. The fraction of sp³-hybridized carbons (Fsp3) is 0.467. The first-order chi connectivity index (χ1) is 10.1. The molecule has 0 saturated carbocycles. The Bertz CT molecular complexity index is 553. The molecule has 7 heteroatoms. The van der Waals surface area contributed by atoms with Crippen molar-refractivity contribution in [2.24, 2.45) is 0 Å². The number of carboxylic acids is 1. The van der Waals surface area contributed by atoms with Crippen LogP contribution in [0.4, 0.5) is 4.79 Å². The Labute approximate surface area is 134 Å². The van der Waals surface area contributed by atoms with Crippen LogP contribution in [0.15, 0.2) is 18.2 Å². The molecular weight excluding hydrogens is 310 g/mol. The maximum atomic E-state index is 11.7. The maximum absolute atomic E-state index is 11.7. The molecule has 0 heterocycles. The first kappa shape index (κ1) is 18.1. The van der Waals surface area contributed by atoms with Gasteiger partial charge in [0.1, 0.15) is 17.4 Å². The summed E-state index contributed by atoms with van der Waals surface area (Å²) in [6.45, 7) is 5.10. The summed E-state index contributed by atoms with van der Waals surface area (Å²) < 4.78 is 10.2. The Kier molecular flexibility index (Phi) is 6.05. The molecule has 0 aliphatic heterocycles. The Morgan fingerprint density at radius 3 is 2.50 bits per heavy atom. The fourth-order valence-corrected chi connectivity index (χ4v) is 1.92. The molecule has 1 unspecified atom stereocenters. The van der Waals surface area contributed by atoms with Crippen LogP contribution in [-0.4, -0.2) is 35.9 Å². The number of ether oxygens (including phenoxy) is 2. The number of nitrogens with one attached hydrogen (secondary N) is 1. The summed E-state index contributed by atoms with van der Waals surface area (Å²) in [5.41, 5.74) is -0.0826. The van der Waals surface area contributed by atoms with Gasteiger partial charge in [0, 0.05) is 11.4 Å². The number of methoxy groups -OCH3 is 1. The lowest BCUT2D eigenvalue weighted by Gasteiger charge is -2.22. The van der Waals surface area contributed by atoms with Gasteiger partial charge in [0.15, 0.2) is 0 Å². The van der Waals surface area contributed by atoms with Gasteiger partial charge in [-0.25, -0.2) is 9.59 Å². The minimum atomic E-state index is -1.16. The van der Waals surface area contributed by atoms with Gasteiger partial charge in [0.05, 0.1) is 7.11 Å². The number of carbonyl (C=O) groups excluding carboxylic acids is 1. The molecule has 22 heavy (non-hydrogen) atoms. The van der Waals surface area contributed by atoms with E-state index >= 15 is 0 Å². The van der Waals surface area contributed by atoms with E-state index in [4.69, 9.17) is 21.1 Å². The number of alkyl carbamates (subject to hydrolysis) is 1. The molecular formula is C15H20ClNO5. The summed E-state index contributed by atoms with van der Waals surface area (Å²) in [6.07, 6.45) is -0.734. The molecule has 1 amide bonds. The van der Waals surface area contributed by atoms with Gasteiger partial charge in [-0.15, -0.1) is 0 Å². The van der Waals surface area contributed by atoms with Crippen molar-refractivity contribution in [3.63, 3.8) is 0 Å². The summed E-state index contributed by atoms with van der Waals surface area (Å²) >= 11 is 5.87. The Morgan fingerprint density at radius 1 is 1.36 bits per heavy atom. The third kappa shape index (κ3) is 5.81. The highest BCUT2D eigenvalue weighted by Crippen LogP contribution is 2.24. The average molecular weight is 330 g/mol. The second kappa shape index (κ2) is 7.35. The van der Waals surface area contributed by atoms with Gasteiger partial charge >= 0.3 is 12.1 Å². The number of carboxylic acid groups (broad SMARTS) is 1. The van der Waals surface area contributed by atoms with Crippen molar-refractivity contribution < 1.29 is 24.2 Å². The normalized spacial score (nSPS) is 12.4. The van der Waals surface area contributed by atoms with Gasteiger partial charge in [0.2, 0.25) is 0 Å². The monoisotopic (exact) mass is 329 g/mol. The quantitative estimate of drug-likeness (QED) is 0.867. The standard InChI is InChI=1S/C15H20ClNO5/c1-15(2,3)22-14(20)17-11(13(18)19)7-9-5-6-10(16)8-12(9)21-4/h5-6,8,11H,7H2,1-4H3,(H,17,20)(H,18,19). The Hall–Kier alpha value is -1.95. The lowest BCUT2D eigenvalue weighted by atomic mass is 10.0. The van der Waals surface area contributed by atoms with Crippen LogP contribution in [0.1, 0.15) is 26.3 Å². The maximum Gasteiger partial charge on any atom is 0.408 e. The van der Waals surface area contributed by atoms with E-state index in [-0.39, 0.29) is 6.42 Å². The molecule has 1 atom stereocenters. The van der Waals surface area contributed by atoms with Gasteiger partial charge < -0.3 is 19.9 Å². The number of amides is 1. The van der Waals surface area contributed by atoms with E-state index < -0.39 is 23.7 Å². The number of hydrogen-bond acceptors (Lipinski definition) is 4. The van der Waals surface area contributed by atoms with Crippen LogP contribution in [-0.2, 0) is 16.0 Å². The van der Waals surface area contributed by atoms with Crippen LogP contribution in [0.2, 0.25) is 5.02 Å². The molecule has 6 nitrogen and oxygen atoms in total. The smallest absolute Gasteiger partial charge is 0.408 e. The number of hydrogen-bond donors (Lipinski definition) is 2. The first-order valence-corrected chi connectivity index (χ1v) is 7.05. The SMILES string of the molecule is COc1cc(Cl)ccc1CC(NC(=O)OC(C)(C)C)C(=O)O. The van der Waals surface area contributed by atoms with Crippen LogP contribution >= 0.6 is 11.6 Å². The summed E-state index contributed by atoms with van der Waals surface area (Å²) in [5.74, 6) is -0.701. The molecule has 2 N–H and O–H groups in total. The van der Waals surface area contributed by atoms with E-state index in [0.29, 0.717) is 16.3 Å². The minimum Gasteiger partial charge on any atom is -0.496 e. The Morgan fingerprint density at radius 2 is 2.00 bits per heavy atom. The first-order valence-electron chi connectivity index (χ1n) is 6.67. The number of carbonyl (C=O) groups is 2. The number of aliphatic carboxylic acids is 1.